The normalized spacial score (nSPS) is 25.1. The van der Waals surface area contributed by atoms with Crippen LogP contribution in [0.15, 0.2) is 12.4 Å². The third kappa shape index (κ3) is 2.52. The van der Waals surface area contributed by atoms with Crippen LogP contribution in [0.1, 0.15) is 31.9 Å². The number of nitrogens with zero attached hydrogens (tertiary/aromatic N) is 2. The molecule has 2 rings (SSSR count). The molecule has 4 nitrogen and oxygen atoms in total. The van der Waals surface area contributed by atoms with Gasteiger partial charge in [0, 0.05) is 12.3 Å². The van der Waals surface area contributed by atoms with E-state index in [0.717, 1.165) is 11.7 Å². The van der Waals surface area contributed by atoms with Gasteiger partial charge in [-0.25, -0.2) is 9.97 Å². The molecule has 2 N–H and O–H groups in total. The summed E-state index contributed by atoms with van der Waals surface area (Å²) in [5.74, 6) is 1.64. The Bertz CT molecular complexity index is 333. The first-order valence-electron chi connectivity index (χ1n) is 5.37. The first-order chi connectivity index (χ1) is 7.28. The van der Waals surface area contributed by atoms with Gasteiger partial charge in [-0.1, -0.05) is 6.92 Å². The fraction of sp³-hybridized carbons (Fsp3) is 0.545. The summed E-state index contributed by atoms with van der Waals surface area (Å²) >= 11 is 0. The van der Waals surface area contributed by atoms with Crippen LogP contribution in [-0.4, -0.2) is 22.2 Å². The van der Waals surface area contributed by atoms with Gasteiger partial charge in [0.05, 0.1) is 18.1 Å². The van der Waals surface area contributed by atoms with Gasteiger partial charge < -0.3 is 10.7 Å². The summed E-state index contributed by atoms with van der Waals surface area (Å²) in [5.41, 5.74) is 0.598. The zero-order valence-electron chi connectivity index (χ0n) is 8.90. The molecule has 1 aromatic rings. The number of anilines is 1. The van der Waals surface area contributed by atoms with Gasteiger partial charge in [-0.05, 0) is 25.2 Å². The van der Waals surface area contributed by atoms with E-state index < -0.39 is 0 Å². The van der Waals surface area contributed by atoms with Crippen molar-refractivity contribution in [2.75, 3.05) is 5.32 Å². The van der Waals surface area contributed by atoms with Crippen molar-refractivity contribution >= 4 is 12.0 Å². The monoisotopic (exact) mass is 204 g/mol. The Morgan fingerprint density at radius 1 is 1.40 bits per heavy atom. The van der Waals surface area contributed by atoms with E-state index in [4.69, 9.17) is 5.41 Å². The molecule has 0 spiro atoms. The molecule has 15 heavy (non-hydrogen) atoms. The molecule has 1 fully saturated rings. The maximum Gasteiger partial charge on any atom is 0.144 e. The summed E-state index contributed by atoms with van der Waals surface area (Å²) in [6, 6.07) is 0.542. The van der Waals surface area contributed by atoms with Crippen LogP contribution >= 0.6 is 0 Å². The van der Waals surface area contributed by atoms with Gasteiger partial charge in [0.2, 0.25) is 0 Å². The van der Waals surface area contributed by atoms with Crippen molar-refractivity contribution in [3.05, 3.63) is 18.1 Å². The van der Waals surface area contributed by atoms with Crippen LogP contribution in [0.2, 0.25) is 0 Å². The molecular formula is C11H16N4. The quantitative estimate of drug-likeness (QED) is 0.741. The average molecular weight is 204 g/mol. The van der Waals surface area contributed by atoms with Crippen LogP contribution in [0.3, 0.4) is 0 Å². The lowest BCUT2D eigenvalue weighted by molar-refractivity contribution is 0.602. The topological polar surface area (TPSA) is 61.7 Å². The lowest BCUT2D eigenvalue weighted by atomic mass is 10.1. The number of hydrogen-bond donors (Lipinski definition) is 2. The summed E-state index contributed by atoms with van der Waals surface area (Å²) in [7, 11) is 0. The first kappa shape index (κ1) is 10.1. The molecule has 0 aliphatic heterocycles. The minimum absolute atomic E-state index is 0.542. The van der Waals surface area contributed by atoms with E-state index in [9.17, 15) is 0 Å². The number of nitrogens with one attached hydrogen (secondary N) is 2. The number of hydrogen-bond acceptors (Lipinski definition) is 4. The van der Waals surface area contributed by atoms with Crippen molar-refractivity contribution in [1.29, 1.82) is 5.41 Å². The van der Waals surface area contributed by atoms with E-state index >= 15 is 0 Å². The predicted molar refractivity (Wildman–Crippen MR) is 60.3 cm³/mol. The summed E-state index contributed by atoms with van der Waals surface area (Å²) in [6.07, 6.45) is 8.25. The van der Waals surface area contributed by atoms with Crippen molar-refractivity contribution in [1.82, 2.24) is 9.97 Å². The molecule has 1 saturated carbocycles. The van der Waals surface area contributed by atoms with Gasteiger partial charge in [0.1, 0.15) is 5.82 Å². The first-order valence-corrected chi connectivity index (χ1v) is 5.37. The Hall–Kier alpha value is -1.45. The summed E-state index contributed by atoms with van der Waals surface area (Å²) in [6.45, 7) is 2.28. The van der Waals surface area contributed by atoms with Crippen molar-refractivity contribution in [3.8, 4) is 0 Å². The van der Waals surface area contributed by atoms with Crippen LogP contribution in [0, 0.1) is 11.3 Å². The SMILES string of the molecule is CC1CCC(Nc2cnc(C=N)cn2)C1. The molecule has 2 unspecified atom stereocenters. The lowest BCUT2D eigenvalue weighted by Gasteiger charge is -2.12. The smallest absolute Gasteiger partial charge is 0.144 e. The van der Waals surface area contributed by atoms with Crippen molar-refractivity contribution in [3.63, 3.8) is 0 Å². The maximum atomic E-state index is 7.02. The van der Waals surface area contributed by atoms with Crippen LogP contribution < -0.4 is 5.32 Å². The van der Waals surface area contributed by atoms with Gasteiger partial charge in [-0.3, -0.25) is 0 Å². The number of rotatable bonds is 3. The van der Waals surface area contributed by atoms with Crippen molar-refractivity contribution < 1.29 is 0 Å². The van der Waals surface area contributed by atoms with Crippen LogP contribution in [0.4, 0.5) is 5.82 Å². The molecule has 1 aliphatic carbocycles. The highest BCUT2D eigenvalue weighted by atomic mass is 15.0. The molecule has 0 amide bonds. The molecule has 1 aliphatic rings. The van der Waals surface area contributed by atoms with Crippen LogP contribution in [-0.2, 0) is 0 Å². The summed E-state index contributed by atoms with van der Waals surface area (Å²) in [4.78, 5) is 8.30. The molecule has 0 bridgehead atoms. The van der Waals surface area contributed by atoms with Crippen molar-refractivity contribution in [2.45, 2.75) is 32.2 Å². The lowest BCUT2D eigenvalue weighted by Crippen LogP contribution is -2.16. The highest BCUT2D eigenvalue weighted by Crippen LogP contribution is 2.26. The third-order valence-electron chi connectivity index (χ3n) is 2.87. The molecule has 1 heterocycles. The second-order valence-electron chi connectivity index (χ2n) is 4.23. The second-order valence-corrected chi connectivity index (χ2v) is 4.23. The zero-order valence-corrected chi connectivity index (χ0v) is 8.90. The van der Waals surface area contributed by atoms with Gasteiger partial charge in [0.25, 0.3) is 0 Å². The minimum atomic E-state index is 0.542. The standard InChI is InChI=1S/C11H16N4/c1-8-2-3-9(4-8)15-11-7-13-10(5-12)6-14-11/h5-9,12H,2-4H2,1H3,(H,14,15). The molecule has 0 aromatic carbocycles. The van der Waals surface area contributed by atoms with E-state index in [1.165, 1.54) is 25.5 Å². The fourth-order valence-electron chi connectivity index (χ4n) is 2.03. The Labute approximate surface area is 89.7 Å². The van der Waals surface area contributed by atoms with E-state index in [1.54, 1.807) is 12.4 Å². The van der Waals surface area contributed by atoms with Crippen LogP contribution in [0.25, 0.3) is 0 Å². The maximum absolute atomic E-state index is 7.02. The minimum Gasteiger partial charge on any atom is -0.366 e. The highest BCUT2D eigenvalue weighted by molar-refractivity contribution is 5.73. The Morgan fingerprint density at radius 3 is 2.80 bits per heavy atom. The average Bonchev–Trinajstić information content (AvgIpc) is 2.65. The van der Waals surface area contributed by atoms with Gasteiger partial charge in [-0.2, -0.15) is 0 Å². The fourth-order valence-corrected chi connectivity index (χ4v) is 2.03. The largest absolute Gasteiger partial charge is 0.366 e. The van der Waals surface area contributed by atoms with E-state index in [1.807, 2.05) is 0 Å². The van der Waals surface area contributed by atoms with E-state index in [-0.39, 0.29) is 0 Å². The summed E-state index contributed by atoms with van der Waals surface area (Å²) < 4.78 is 0. The zero-order chi connectivity index (χ0) is 10.7. The van der Waals surface area contributed by atoms with E-state index in [2.05, 4.69) is 22.2 Å². The van der Waals surface area contributed by atoms with Crippen LogP contribution in [0.5, 0.6) is 0 Å². The predicted octanol–water partition coefficient (Wildman–Crippen LogP) is 2.07. The molecule has 4 heteroatoms. The molecule has 0 radical (unpaired) electrons. The van der Waals surface area contributed by atoms with Gasteiger partial charge in [-0.15, -0.1) is 0 Å². The summed E-state index contributed by atoms with van der Waals surface area (Å²) in [5, 5.41) is 10.4. The second kappa shape index (κ2) is 4.38. The van der Waals surface area contributed by atoms with Crippen molar-refractivity contribution in [2.24, 2.45) is 5.92 Å². The van der Waals surface area contributed by atoms with E-state index in [0.29, 0.717) is 11.7 Å². The number of aromatic nitrogens is 2. The Morgan fingerprint density at radius 2 is 2.27 bits per heavy atom. The Balaban J connectivity index is 1.96. The molecule has 2 atom stereocenters. The highest BCUT2D eigenvalue weighted by Gasteiger charge is 2.21. The molecule has 1 aromatic heterocycles. The molecule has 0 saturated heterocycles. The third-order valence-corrected chi connectivity index (χ3v) is 2.87. The Kier molecular flexibility index (Phi) is 2.94. The molecule has 80 valence electrons. The van der Waals surface area contributed by atoms with Gasteiger partial charge in [0.15, 0.2) is 0 Å². The van der Waals surface area contributed by atoms with Gasteiger partial charge >= 0.3 is 0 Å². The molecular weight excluding hydrogens is 188 g/mol.